The summed E-state index contributed by atoms with van der Waals surface area (Å²) < 4.78 is 4.77. The Kier molecular flexibility index (Phi) is 4.40. The summed E-state index contributed by atoms with van der Waals surface area (Å²) in [5.41, 5.74) is 2.73. The summed E-state index contributed by atoms with van der Waals surface area (Å²) in [4.78, 5) is 11.3. The van der Waals surface area contributed by atoms with Crippen molar-refractivity contribution in [2.24, 2.45) is 5.92 Å². The Balaban J connectivity index is 1.98. The minimum absolute atomic E-state index is 0.0652. The molecule has 1 fully saturated rings. The van der Waals surface area contributed by atoms with E-state index >= 15 is 0 Å². The van der Waals surface area contributed by atoms with Crippen LogP contribution in [0.1, 0.15) is 49.1 Å². The molecule has 1 aliphatic rings. The van der Waals surface area contributed by atoms with Gasteiger partial charge >= 0.3 is 5.97 Å². The topological polar surface area (TPSA) is 26.3 Å². The van der Waals surface area contributed by atoms with E-state index in [0.29, 0.717) is 18.3 Å². The normalized spacial score (nSPS) is 23.7. The van der Waals surface area contributed by atoms with Gasteiger partial charge in [0, 0.05) is 6.42 Å². The second-order valence-corrected chi connectivity index (χ2v) is 5.42. The van der Waals surface area contributed by atoms with Crippen molar-refractivity contribution in [1.29, 1.82) is 0 Å². The summed E-state index contributed by atoms with van der Waals surface area (Å²) in [6.07, 6.45) is 5.34. The van der Waals surface area contributed by atoms with Crippen molar-refractivity contribution in [1.82, 2.24) is 0 Å². The summed E-state index contributed by atoms with van der Waals surface area (Å²) in [5.74, 6) is 1.05. The summed E-state index contributed by atoms with van der Waals surface area (Å²) in [5, 5.41) is 0. The molecular weight excluding hydrogens is 224 g/mol. The fourth-order valence-electron chi connectivity index (χ4n) is 2.94. The van der Waals surface area contributed by atoms with E-state index in [1.165, 1.54) is 31.1 Å². The highest BCUT2D eigenvalue weighted by atomic mass is 16.5. The predicted octanol–water partition coefficient (Wildman–Crippen LogP) is 3.83. The van der Waals surface area contributed by atoms with Gasteiger partial charge in [0.25, 0.3) is 0 Å². The summed E-state index contributed by atoms with van der Waals surface area (Å²) in [7, 11) is 1.47. The molecule has 0 spiro atoms. The molecule has 1 aromatic rings. The number of hydrogen-bond acceptors (Lipinski definition) is 2. The molecule has 0 N–H and O–H groups in total. The lowest BCUT2D eigenvalue weighted by molar-refractivity contribution is -0.142. The van der Waals surface area contributed by atoms with Crippen molar-refractivity contribution in [3.05, 3.63) is 35.4 Å². The number of hydrogen-bond donors (Lipinski definition) is 0. The molecule has 1 aliphatic carbocycles. The number of esters is 1. The van der Waals surface area contributed by atoms with E-state index < -0.39 is 0 Å². The highest BCUT2D eigenvalue weighted by Gasteiger charge is 2.25. The third kappa shape index (κ3) is 3.34. The van der Waals surface area contributed by atoms with Crippen LogP contribution in [-0.4, -0.2) is 13.1 Å². The van der Waals surface area contributed by atoms with Gasteiger partial charge in [-0.3, -0.25) is 4.79 Å². The molecule has 0 radical (unpaired) electrons. The van der Waals surface area contributed by atoms with Crippen LogP contribution in [0.3, 0.4) is 0 Å². The maximum absolute atomic E-state index is 11.3. The van der Waals surface area contributed by atoms with Crippen molar-refractivity contribution in [3.63, 3.8) is 0 Å². The maximum atomic E-state index is 11.3. The standard InChI is InChI=1S/C16H22O2/c1-12-6-8-14(9-7-12)15-5-3-4-13(10-15)11-16(17)18-2/h6-9,13,15H,3-5,10-11H2,1-2H3/t13-,15+/m0/s1. The van der Waals surface area contributed by atoms with Crippen LogP contribution in [0.15, 0.2) is 24.3 Å². The van der Waals surface area contributed by atoms with Crippen LogP contribution >= 0.6 is 0 Å². The van der Waals surface area contributed by atoms with Crippen LogP contribution in [0.2, 0.25) is 0 Å². The predicted molar refractivity (Wildman–Crippen MR) is 72.5 cm³/mol. The molecule has 98 valence electrons. The number of ether oxygens (including phenoxy) is 1. The Morgan fingerprint density at radius 1 is 1.28 bits per heavy atom. The molecule has 0 amide bonds. The Hall–Kier alpha value is -1.31. The molecular formula is C16H22O2. The highest BCUT2D eigenvalue weighted by Crippen LogP contribution is 2.37. The Labute approximate surface area is 109 Å². The summed E-state index contributed by atoms with van der Waals surface area (Å²) in [6.45, 7) is 2.12. The van der Waals surface area contributed by atoms with Crippen LogP contribution in [0.25, 0.3) is 0 Å². The first-order valence-corrected chi connectivity index (χ1v) is 6.82. The molecule has 0 unspecified atom stereocenters. The summed E-state index contributed by atoms with van der Waals surface area (Å²) in [6, 6.07) is 8.83. The maximum Gasteiger partial charge on any atom is 0.305 e. The molecule has 0 saturated heterocycles. The molecule has 2 rings (SSSR count). The molecule has 0 aliphatic heterocycles. The smallest absolute Gasteiger partial charge is 0.305 e. The van der Waals surface area contributed by atoms with Gasteiger partial charge in [0.05, 0.1) is 7.11 Å². The van der Waals surface area contributed by atoms with E-state index in [9.17, 15) is 4.79 Å². The molecule has 2 atom stereocenters. The molecule has 0 heterocycles. The van der Waals surface area contributed by atoms with E-state index in [0.717, 1.165) is 12.8 Å². The fourth-order valence-corrected chi connectivity index (χ4v) is 2.94. The van der Waals surface area contributed by atoms with Gasteiger partial charge in [0.15, 0.2) is 0 Å². The Bertz CT molecular complexity index is 394. The number of carbonyl (C=O) groups is 1. The molecule has 1 saturated carbocycles. The highest BCUT2D eigenvalue weighted by molar-refractivity contribution is 5.69. The first-order chi connectivity index (χ1) is 8.69. The number of aryl methyl sites for hydroxylation is 1. The lowest BCUT2D eigenvalue weighted by atomic mass is 9.77. The van der Waals surface area contributed by atoms with Crippen LogP contribution in [-0.2, 0) is 9.53 Å². The average molecular weight is 246 g/mol. The lowest BCUT2D eigenvalue weighted by Crippen LogP contribution is -2.18. The minimum Gasteiger partial charge on any atom is -0.469 e. The first kappa shape index (κ1) is 13.1. The number of methoxy groups -OCH3 is 1. The van der Waals surface area contributed by atoms with E-state index in [2.05, 4.69) is 31.2 Å². The number of carbonyl (C=O) groups excluding carboxylic acids is 1. The lowest BCUT2D eigenvalue weighted by Gasteiger charge is -2.28. The van der Waals surface area contributed by atoms with Crippen molar-refractivity contribution in [2.45, 2.75) is 44.9 Å². The SMILES string of the molecule is COC(=O)C[C@H]1CCC[C@@H](c2ccc(C)cc2)C1. The number of benzene rings is 1. The molecule has 0 aromatic heterocycles. The van der Waals surface area contributed by atoms with Gasteiger partial charge in [-0.15, -0.1) is 0 Å². The van der Waals surface area contributed by atoms with Crippen molar-refractivity contribution < 1.29 is 9.53 Å². The summed E-state index contributed by atoms with van der Waals surface area (Å²) >= 11 is 0. The number of rotatable bonds is 3. The van der Waals surface area contributed by atoms with E-state index in [4.69, 9.17) is 4.74 Å². The third-order valence-electron chi connectivity index (χ3n) is 4.01. The van der Waals surface area contributed by atoms with Crippen LogP contribution < -0.4 is 0 Å². The van der Waals surface area contributed by atoms with Gasteiger partial charge < -0.3 is 4.74 Å². The van der Waals surface area contributed by atoms with Gasteiger partial charge in [-0.05, 0) is 43.6 Å². The van der Waals surface area contributed by atoms with Crippen molar-refractivity contribution >= 4 is 5.97 Å². The van der Waals surface area contributed by atoms with Gasteiger partial charge in [0.1, 0.15) is 0 Å². The monoisotopic (exact) mass is 246 g/mol. The zero-order valence-electron chi connectivity index (χ0n) is 11.3. The van der Waals surface area contributed by atoms with E-state index in [1.807, 2.05) is 0 Å². The average Bonchev–Trinajstić information content (AvgIpc) is 2.40. The van der Waals surface area contributed by atoms with Crippen molar-refractivity contribution in [3.8, 4) is 0 Å². The quantitative estimate of drug-likeness (QED) is 0.758. The van der Waals surface area contributed by atoms with Crippen molar-refractivity contribution in [2.75, 3.05) is 7.11 Å². The van der Waals surface area contributed by atoms with Crippen LogP contribution in [0.5, 0.6) is 0 Å². The van der Waals surface area contributed by atoms with Gasteiger partial charge in [-0.25, -0.2) is 0 Å². The van der Waals surface area contributed by atoms with Gasteiger partial charge in [-0.2, -0.15) is 0 Å². The molecule has 18 heavy (non-hydrogen) atoms. The van der Waals surface area contributed by atoms with Crippen LogP contribution in [0, 0.1) is 12.8 Å². The second-order valence-electron chi connectivity index (χ2n) is 5.42. The molecule has 0 bridgehead atoms. The second kappa shape index (κ2) is 6.03. The van der Waals surface area contributed by atoms with E-state index in [1.54, 1.807) is 0 Å². The zero-order valence-corrected chi connectivity index (χ0v) is 11.3. The minimum atomic E-state index is -0.0652. The van der Waals surface area contributed by atoms with Crippen LogP contribution in [0.4, 0.5) is 0 Å². The third-order valence-corrected chi connectivity index (χ3v) is 4.01. The zero-order chi connectivity index (χ0) is 13.0. The molecule has 2 nitrogen and oxygen atoms in total. The Morgan fingerprint density at radius 2 is 2.00 bits per heavy atom. The first-order valence-electron chi connectivity index (χ1n) is 6.82. The van der Waals surface area contributed by atoms with E-state index in [-0.39, 0.29) is 5.97 Å². The van der Waals surface area contributed by atoms with Gasteiger partial charge in [0.2, 0.25) is 0 Å². The Morgan fingerprint density at radius 3 is 2.67 bits per heavy atom. The molecule has 2 heteroatoms. The van der Waals surface area contributed by atoms with Gasteiger partial charge in [-0.1, -0.05) is 36.2 Å². The fraction of sp³-hybridized carbons (Fsp3) is 0.562. The molecule has 1 aromatic carbocycles. The largest absolute Gasteiger partial charge is 0.469 e.